The molecule has 0 aliphatic rings. The first-order valence-corrected chi connectivity index (χ1v) is 11.1. The Bertz CT molecular complexity index is 1320. The van der Waals surface area contributed by atoms with E-state index in [0.29, 0.717) is 39.7 Å². The third-order valence-electron chi connectivity index (χ3n) is 5.31. The monoisotopic (exact) mass is 444 g/mol. The number of hydrogen-bond acceptors (Lipinski definition) is 3. The molecule has 0 saturated carbocycles. The molecule has 0 aliphatic heterocycles. The molecule has 0 amide bonds. The Morgan fingerprint density at radius 1 is 1.00 bits per heavy atom. The van der Waals surface area contributed by atoms with Crippen molar-refractivity contribution < 1.29 is 9.15 Å². The van der Waals surface area contributed by atoms with Gasteiger partial charge in [-0.15, -0.1) is 0 Å². The summed E-state index contributed by atoms with van der Waals surface area (Å²) in [7, 11) is 0. The van der Waals surface area contributed by atoms with Crippen LogP contribution in [0.3, 0.4) is 0 Å². The molecule has 0 unspecified atom stereocenters. The maximum atomic E-state index is 13.6. The molecule has 0 N–H and O–H groups in total. The van der Waals surface area contributed by atoms with Crippen LogP contribution in [0.2, 0.25) is 5.02 Å². The number of hydrogen-bond donors (Lipinski definition) is 0. The first-order chi connectivity index (χ1) is 15.5. The van der Waals surface area contributed by atoms with Gasteiger partial charge in [-0.25, -0.2) is 0 Å². The summed E-state index contributed by atoms with van der Waals surface area (Å²) in [4.78, 5) is 13.6. The van der Waals surface area contributed by atoms with Crippen LogP contribution in [-0.4, -0.2) is 0 Å². The fourth-order valence-corrected chi connectivity index (χ4v) is 3.89. The highest BCUT2D eigenvalue weighted by Gasteiger charge is 2.21. The minimum atomic E-state index is -0.0577. The number of halogens is 1. The largest absolute Gasteiger partial charge is 0.488 e. The van der Waals surface area contributed by atoms with Gasteiger partial charge in [0.25, 0.3) is 0 Å². The van der Waals surface area contributed by atoms with Gasteiger partial charge in [-0.05, 0) is 42.3 Å². The normalized spacial score (nSPS) is 11.5. The first kappa shape index (κ1) is 21.9. The minimum absolute atomic E-state index is 0.0186. The molecule has 4 heteroatoms. The molecule has 0 saturated heterocycles. The van der Waals surface area contributed by atoms with Crippen LogP contribution in [0.5, 0.6) is 5.75 Å². The van der Waals surface area contributed by atoms with Crippen LogP contribution in [0.25, 0.3) is 28.2 Å². The van der Waals surface area contributed by atoms with Crippen LogP contribution in [0.1, 0.15) is 43.6 Å². The van der Waals surface area contributed by atoms with Crippen molar-refractivity contribution in [2.75, 3.05) is 0 Å². The lowest BCUT2D eigenvalue weighted by atomic mass is 9.96. The van der Waals surface area contributed by atoms with E-state index in [9.17, 15) is 4.79 Å². The smallest absolute Gasteiger partial charge is 0.200 e. The van der Waals surface area contributed by atoms with Gasteiger partial charge < -0.3 is 9.15 Å². The fraction of sp³-hybridized carbons (Fsp3) is 0.179. The van der Waals surface area contributed by atoms with E-state index in [1.165, 1.54) is 0 Å². The van der Waals surface area contributed by atoms with Crippen LogP contribution in [0.15, 0.2) is 82.0 Å². The number of benzene rings is 3. The predicted octanol–water partition coefficient (Wildman–Crippen LogP) is 7.85. The summed E-state index contributed by atoms with van der Waals surface area (Å²) in [6.07, 6.45) is 3.85. The maximum absolute atomic E-state index is 13.6. The number of allylic oxidation sites excluding steroid dienone is 1. The van der Waals surface area contributed by atoms with Crippen LogP contribution >= 0.6 is 11.6 Å². The zero-order chi connectivity index (χ0) is 22.7. The van der Waals surface area contributed by atoms with Gasteiger partial charge >= 0.3 is 0 Å². The fourth-order valence-electron chi connectivity index (χ4n) is 3.76. The SMILES string of the molecule is C/C=C\c1c(OCc2ccccc2)ccc2c(=O)c(-c3ccc(Cl)cc3)c(C(C)C)oc12. The predicted molar refractivity (Wildman–Crippen MR) is 133 cm³/mol. The molecule has 4 rings (SSSR count). The van der Waals surface area contributed by atoms with E-state index in [2.05, 4.69) is 0 Å². The van der Waals surface area contributed by atoms with Gasteiger partial charge in [0.05, 0.1) is 16.5 Å². The third-order valence-corrected chi connectivity index (χ3v) is 5.57. The quantitative estimate of drug-likeness (QED) is 0.304. The standard InChI is InChI=1S/C28H25ClO3/c1-4-8-22-24(31-17-19-9-6-5-7-10-19)16-15-23-26(30)25(20-11-13-21(29)14-12-20)27(18(2)3)32-28(22)23/h4-16,18H,17H2,1-3H3/b8-4-. The van der Waals surface area contributed by atoms with Crippen molar-refractivity contribution in [1.82, 2.24) is 0 Å². The molecule has 32 heavy (non-hydrogen) atoms. The van der Waals surface area contributed by atoms with E-state index in [0.717, 1.165) is 16.7 Å². The van der Waals surface area contributed by atoms with Crippen molar-refractivity contribution in [1.29, 1.82) is 0 Å². The second-order valence-corrected chi connectivity index (χ2v) is 8.40. The highest BCUT2D eigenvalue weighted by atomic mass is 35.5. The van der Waals surface area contributed by atoms with Gasteiger partial charge in [-0.1, -0.05) is 80.1 Å². The summed E-state index contributed by atoms with van der Waals surface area (Å²) >= 11 is 6.06. The molecule has 0 spiro atoms. The van der Waals surface area contributed by atoms with E-state index in [1.54, 1.807) is 18.2 Å². The Labute approximate surface area is 192 Å². The van der Waals surface area contributed by atoms with Gasteiger partial charge in [0.15, 0.2) is 0 Å². The van der Waals surface area contributed by atoms with E-state index in [-0.39, 0.29) is 11.3 Å². The molecule has 0 atom stereocenters. The molecule has 0 fully saturated rings. The molecular weight excluding hydrogens is 420 g/mol. The second-order valence-electron chi connectivity index (χ2n) is 7.96. The van der Waals surface area contributed by atoms with E-state index < -0.39 is 0 Å². The lowest BCUT2D eigenvalue weighted by Crippen LogP contribution is -2.11. The second kappa shape index (κ2) is 9.46. The summed E-state index contributed by atoms with van der Waals surface area (Å²) in [5.74, 6) is 1.34. The average Bonchev–Trinajstić information content (AvgIpc) is 2.80. The highest BCUT2D eigenvalue weighted by Crippen LogP contribution is 2.35. The zero-order valence-corrected chi connectivity index (χ0v) is 19.1. The maximum Gasteiger partial charge on any atom is 0.200 e. The van der Waals surface area contributed by atoms with Crippen molar-refractivity contribution in [2.24, 2.45) is 0 Å². The molecule has 3 aromatic carbocycles. The summed E-state index contributed by atoms with van der Waals surface area (Å²) in [6.45, 7) is 6.41. The summed E-state index contributed by atoms with van der Waals surface area (Å²) < 4.78 is 12.6. The van der Waals surface area contributed by atoms with Crippen molar-refractivity contribution in [3.8, 4) is 16.9 Å². The van der Waals surface area contributed by atoms with Crippen molar-refractivity contribution in [2.45, 2.75) is 33.3 Å². The summed E-state index contributed by atoms with van der Waals surface area (Å²) in [6, 6.07) is 20.9. The number of rotatable bonds is 6. The highest BCUT2D eigenvalue weighted by molar-refractivity contribution is 6.30. The molecular formula is C28H25ClO3. The van der Waals surface area contributed by atoms with Gasteiger partial charge in [0.1, 0.15) is 23.7 Å². The van der Waals surface area contributed by atoms with E-state index in [4.69, 9.17) is 20.8 Å². The summed E-state index contributed by atoms with van der Waals surface area (Å²) in [5, 5.41) is 1.15. The van der Waals surface area contributed by atoms with Crippen LogP contribution in [0.4, 0.5) is 0 Å². The topological polar surface area (TPSA) is 39.4 Å². The van der Waals surface area contributed by atoms with Crippen molar-refractivity contribution >= 4 is 28.6 Å². The molecule has 0 aliphatic carbocycles. The van der Waals surface area contributed by atoms with Gasteiger partial charge in [0.2, 0.25) is 5.43 Å². The Morgan fingerprint density at radius 3 is 2.38 bits per heavy atom. The molecule has 0 bridgehead atoms. The summed E-state index contributed by atoms with van der Waals surface area (Å²) in [5.41, 5.74) is 3.70. The molecule has 1 heterocycles. The average molecular weight is 445 g/mol. The van der Waals surface area contributed by atoms with Crippen LogP contribution < -0.4 is 10.2 Å². The molecule has 162 valence electrons. The lowest BCUT2D eigenvalue weighted by Gasteiger charge is -2.16. The molecule has 4 aromatic rings. The molecule has 1 aromatic heterocycles. The van der Waals surface area contributed by atoms with Gasteiger partial charge in [-0.3, -0.25) is 4.79 Å². The van der Waals surface area contributed by atoms with Crippen molar-refractivity contribution in [3.05, 3.63) is 105 Å². The van der Waals surface area contributed by atoms with Gasteiger partial charge in [0, 0.05) is 10.9 Å². The Kier molecular flexibility index (Phi) is 6.48. The van der Waals surface area contributed by atoms with E-state index >= 15 is 0 Å². The lowest BCUT2D eigenvalue weighted by molar-refractivity contribution is 0.305. The Balaban J connectivity index is 1.90. The number of fused-ring (bicyclic) bond motifs is 1. The first-order valence-electron chi connectivity index (χ1n) is 10.7. The molecule has 3 nitrogen and oxygen atoms in total. The Morgan fingerprint density at radius 2 is 1.72 bits per heavy atom. The van der Waals surface area contributed by atoms with Crippen LogP contribution in [0, 0.1) is 0 Å². The number of ether oxygens (including phenoxy) is 1. The van der Waals surface area contributed by atoms with Crippen LogP contribution in [-0.2, 0) is 6.61 Å². The minimum Gasteiger partial charge on any atom is -0.488 e. The zero-order valence-electron chi connectivity index (χ0n) is 18.4. The van der Waals surface area contributed by atoms with E-state index in [1.807, 2.05) is 81.5 Å². The van der Waals surface area contributed by atoms with Crippen molar-refractivity contribution in [3.63, 3.8) is 0 Å². The third kappa shape index (κ3) is 4.35. The molecule has 0 radical (unpaired) electrons. The van der Waals surface area contributed by atoms with Gasteiger partial charge in [-0.2, -0.15) is 0 Å². The Hall–Kier alpha value is -3.30.